The van der Waals surface area contributed by atoms with Crippen molar-refractivity contribution in [1.29, 1.82) is 0 Å². The molecule has 0 bridgehead atoms. The van der Waals surface area contributed by atoms with Gasteiger partial charge in [-0.1, -0.05) is 12.1 Å². The Labute approximate surface area is 141 Å². The molecular formula is C18H22N2O4. The predicted octanol–water partition coefficient (Wildman–Crippen LogP) is 3.75. The molecule has 1 heterocycles. The van der Waals surface area contributed by atoms with Gasteiger partial charge in [0.05, 0.1) is 19.3 Å². The molecule has 0 aliphatic rings. The van der Waals surface area contributed by atoms with Crippen molar-refractivity contribution in [3.63, 3.8) is 0 Å². The largest absolute Gasteiger partial charge is 0.490 e. The van der Waals surface area contributed by atoms with Gasteiger partial charge in [0, 0.05) is 0 Å². The molecular weight excluding hydrogens is 308 g/mol. The monoisotopic (exact) mass is 330 g/mol. The summed E-state index contributed by atoms with van der Waals surface area (Å²) in [7, 11) is 0. The SMILES string of the molecule is CCOc1ccc(C(C)Nc2cccc(C(=O)O)n2)cc1OCC. The first-order valence-corrected chi connectivity index (χ1v) is 7.91. The first kappa shape index (κ1) is 17.6. The Morgan fingerprint density at radius 2 is 1.88 bits per heavy atom. The molecule has 2 rings (SSSR count). The number of pyridine rings is 1. The van der Waals surface area contributed by atoms with Crippen LogP contribution in [0.1, 0.15) is 42.9 Å². The fraction of sp³-hybridized carbons (Fsp3) is 0.333. The van der Waals surface area contributed by atoms with Crippen LogP contribution in [0, 0.1) is 0 Å². The lowest BCUT2D eigenvalue weighted by Gasteiger charge is -2.18. The molecule has 6 nitrogen and oxygen atoms in total. The average Bonchev–Trinajstić information content (AvgIpc) is 2.57. The van der Waals surface area contributed by atoms with Crippen LogP contribution in [-0.4, -0.2) is 29.3 Å². The Balaban J connectivity index is 2.19. The Hall–Kier alpha value is -2.76. The van der Waals surface area contributed by atoms with Gasteiger partial charge in [-0.3, -0.25) is 0 Å². The molecule has 1 unspecified atom stereocenters. The van der Waals surface area contributed by atoms with Crippen molar-refractivity contribution in [2.45, 2.75) is 26.8 Å². The van der Waals surface area contributed by atoms with Gasteiger partial charge in [0.25, 0.3) is 0 Å². The minimum atomic E-state index is -1.05. The van der Waals surface area contributed by atoms with E-state index in [9.17, 15) is 4.79 Å². The van der Waals surface area contributed by atoms with Gasteiger partial charge in [0.15, 0.2) is 17.2 Å². The van der Waals surface area contributed by atoms with Gasteiger partial charge in [-0.2, -0.15) is 0 Å². The first-order valence-electron chi connectivity index (χ1n) is 7.91. The number of hydrogen-bond donors (Lipinski definition) is 2. The molecule has 0 aliphatic heterocycles. The smallest absolute Gasteiger partial charge is 0.354 e. The normalized spacial score (nSPS) is 11.6. The summed E-state index contributed by atoms with van der Waals surface area (Å²) < 4.78 is 11.2. The number of aromatic carboxylic acids is 1. The number of rotatable bonds is 8. The summed E-state index contributed by atoms with van der Waals surface area (Å²) in [5, 5.41) is 12.2. The molecule has 1 aromatic carbocycles. The molecule has 1 aromatic heterocycles. The van der Waals surface area contributed by atoms with E-state index in [1.54, 1.807) is 12.1 Å². The number of ether oxygens (including phenoxy) is 2. The number of nitrogens with zero attached hydrogens (tertiary/aromatic N) is 1. The number of benzene rings is 1. The van der Waals surface area contributed by atoms with E-state index in [0.717, 1.165) is 5.56 Å². The lowest BCUT2D eigenvalue weighted by Crippen LogP contribution is -2.10. The summed E-state index contributed by atoms with van der Waals surface area (Å²) in [6.45, 7) is 6.94. The second-order valence-electron chi connectivity index (χ2n) is 5.15. The summed E-state index contributed by atoms with van der Waals surface area (Å²) >= 11 is 0. The van der Waals surface area contributed by atoms with E-state index >= 15 is 0 Å². The predicted molar refractivity (Wildman–Crippen MR) is 92.0 cm³/mol. The molecule has 0 amide bonds. The van der Waals surface area contributed by atoms with Crippen molar-refractivity contribution in [3.05, 3.63) is 47.7 Å². The minimum Gasteiger partial charge on any atom is -0.490 e. The third-order valence-corrected chi connectivity index (χ3v) is 3.40. The molecule has 2 aromatic rings. The van der Waals surface area contributed by atoms with E-state index in [-0.39, 0.29) is 11.7 Å². The van der Waals surface area contributed by atoms with E-state index in [2.05, 4.69) is 10.3 Å². The van der Waals surface area contributed by atoms with Crippen LogP contribution < -0.4 is 14.8 Å². The van der Waals surface area contributed by atoms with Crippen LogP contribution in [0.25, 0.3) is 0 Å². The molecule has 0 fully saturated rings. The van der Waals surface area contributed by atoms with Crippen LogP contribution in [0.2, 0.25) is 0 Å². The van der Waals surface area contributed by atoms with E-state index in [0.29, 0.717) is 30.5 Å². The zero-order valence-electron chi connectivity index (χ0n) is 14.1. The summed E-state index contributed by atoms with van der Waals surface area (Å²) in [6, 6.07) is 10.5. The van der Waals surface area contributed by atoms with Crippen LogP contribution in [-0.2, 0) is 0 Å². The highest BCUT2D eigenvalue weighted by Gasteiger charge is 2.12. The number of carbonyl (C=O) groups is 1. The van der Waals surface area contributed by atoms with Crippen molar-refractivity contribution in [1.82, 2.24) is 4.98 Å². The topological polar surface area (TPSA) is 80.7 Å². The van der Waals surface area contributed by atoms with Gasteiger partial charge in [0.2, 0.25) is 0 Å². The molecule has 2 N–H and O–H groups in total. The fourth-order valence-electron chi connectivity index (χ4n) is 2.28. The summed E-state index contributed by atoms with van der Waals surface area (Å²) in [5.41, 5.74) is 0.998. The van der Waals surface area contributed by atoms with Crippen LogP contribution in [0.5, 0.6) is 11.5 Å². The fourth-order valence-corrected chi connectivity index (χ4v) is 2.28. The zero-order chi connectivity index (χ0) is 17.5. The van der Waals surface area contributed by atoms with Gasteiger partial charge in [-0.25, -0.2) is 9.78 Å². The second-order valence-corrected chi connectivity index (χ2v) is 5.15. The van der Waals surface area contributed by atoms with Crippen LogP contribution in [0.15, 0.2) is 36.4 Å². The molecule has 0 saturated carbocycles. The van der Waals surface area contributed by atoms with Crippen molar-refractivity contribution in [3.8, 4) is 11.5 Å². The van der Waals surface area contributed by atoms with E-state index in [1.807, 2.05) is 39.0 Å². The maximum absolute atomic E-state index is 11.0. The van der Waals surface area contributed by atoms with Crippen molar-refractivity contribution in [2.24, 2.45) is 0 Å². The van der Waals surface area contributed by atoms with Crippen LogP contribution >= 0.6 is 0 Å². The Bertz CT molecular complexity index is 703. The first-order chi connectivity index (χ1) is 11.5. The standard InChI is InChI=1S/C18H22N2O4/c1-4-23-15-10-9-13(11-16(15)24-5-2)12(3)19-17-8-6-7-14(20-17)18(21)22/h6-12H,4-5H2,1-3H3,(H,19,20)(H,21,22). The van der Waals surface area contributed by atoms with E-state index in [4.69, 9.17) is 14.6 Å². The molecule has 24 heavy (non-hydrogen) atoms. The maximum atomic E-state index is 11.0. The van der Waals surface area contributed by atoms with Gasteiger partial charge < -0.3 is 19.9 Å². The van der Waals surface area contributed by atoms with Gasteiger partial charge in [-0.15, -0.1) is 0 Å². The summed E-state index contributed by atoms with van der Waals surface area (Å²) in [5.74, 6) is 0.860. The molecule has 128 valence electrons. The highest BCUT2D eigenvalue weighted by molar-refractivity contribution is 5.85. The average molecular weight is 330 g/mol. The third kappa shape index (κ3) is 4.38. The van der Waals surface area contributed by atoms with Gasteiger partial charge in [0.1, 0.15) is 5.82 Å². The van der Waals surface area contributed by atoms with Crippen molar-refractivity contribution in [2.75, 3.05) is 18.5 Å². The van der Waals surface area contributed by atoms with Crippen molar-refractivity contribution < 1.29 is 19.4 Å². The minimum absolute atomic E-state index is 0.00824. The van der Waals surface area contributed by atoms with E-state index in [1.165, 1.54) is 6.07 Å². The molecule has 0 saturated heterocycles. The van der Waals surface area contributed by atoms with Gasteiger partial charge >= 0.3 is 5.97 Å². The van der Waals surface area contributed by atoms with E-state index < -0.39 is 5.97 Å². The van der Waals surface area contributed by atoms with Crippen molar-refractivity contribution >= 4 is 11.8 Å². The number of aromatic nitrogens is 1. The Morgan fingerprint density at radius 1 is 1.17 bits per heavy atom. The maximum Gasteiger partial charge on any atom is 0.354 e. The number of hydrogen-bond acceptors (Lipinski definition) is 5. The highest BCUT2D eigenvalue weighted by Crippen LogP contribution is 2.31. The third-order valence-electron chi connectivity index (χ3n) is 3.40. The molecule has 1 atom stereocenters. The lowest BCUT2D eigenvalue weighted by molar-refractivity contribution is 0.0690. The quantitative estimate of drug-likeness (QED) is 0.767. The number of nitrogens with one attached hydrogen (secondary N) is 1. The highest BCUT2D eigenvalue weighted by atomic mass is 16.5. The molecule has 0 aliphatic carbocycles. The Morgan fingerprint density at radius 3 is 2.54 bits per heavy atom. The molecule has 0 radical (unpaired) electrons. The summed E-state index contributed by atoms with van der Waals surface area (Å²) in [6.07, 6.45) is 0. The summed E-state index contributed by atoms with van der Waals surface area (Å²) in [4.78, 5) is 15.1. The van der Waals surface area contributed by atoms with Crippen LogP contribution in [0.3, 0.4) is 0 Å². The Kier molecular flexibility index (Phi) is 6.01. The zero-order valence-corrected chi connectivity index (χ0v) is 14.1. The lowest BCUT2D eigenvalue weighted by atomic mass is 10.1. The number of carboxylic acids is 1. The number of anilines is 1. The molecule has 6 heteroatoms. The van der Waals surface area contributed by atoms with Crippen LogP contribution in [0.4, 0.5) is 5.82 Å². The molecule has 0 spiro atoms. The second kappa shape index (κ2) is 8.19. The number of carboxylic acid groups (broad SMARTS) is 1. The van der Waals surface area contributed by atoms with Gasteiger partial charge in [-0.05, 0) is 50.6 Å².